The molecular formula is C14H18N2O6S. The molecule has 0 unspecified atom stereocenters. The van der Waals surface area contributed by atoms with Crippen molar-refractivity contribution in [2.45, 2.75) is 24.8 Å². The Bertz CT molecular complexity index is 712. The van der Waals surface area contributed by atoms with Gasteiger partial charge in [-0.25, -0.2) is 18.0 Å². The van der Waals surface area contributed by atoms with Gasteiger partial charge in [-0.2, -0.15) is 0 Å². The van der Waals surface area contributed by atoms with Crippen LogP contribution in [0.25, 0.3) is 0 Å². The Morgan fingerprint density at radius 3 is 2.35 bits per heavy atom. The molecule has 1 aromatic carbocycles. The fourth-order valence-electron chi connectivity index (χ4n) is 1.63. The summed E-state index contributed by atoms with van der Waals surface area (Å²) in [7, 11) is -3.62. The lowest BCUT2D eigenvalue weighted by Gasteiger charge is -2.10. The number of amides is 3. The van der Waals surface area contributed by atoms with Gasteiger partial charge in [-0.05, 0) is 26.0 Å². The summed E-state index contributed by atoms with van der Waals surface area (Å²) in [5.74, 6) is -1.79. The molecule has 9 heteroatoms. The second kappa shape index (κ2) is 7.73. The minimum atomic E-state index is -3.62. The summed E-state index contributed by atoms with van der Waals surface area (Å²) in [6.45, 7) is 2.72. The summed E-state index contributed by atoms with van der Waals surface area (Å²) in [5, 5.41) is 4.41. The van der Waals surface area contributed by atoms with Crippen molar-refractivity contribution < 1.29 is 27.5 Å². The molecule has 1 aromatic rings. The summed E-state index contributed by atoms with van der Waals surface area (Å²) in [6, 6.07) is 4.62. The van der Waals surface area contributed by atoms with Gasteiger partial charge in [0.1, 0.15) is 0 Å². The number of imide groups is 1. The zero-order valence-electron chi connectivity index (χ0n) is 13.0. The van der Waals surface area contributed by atoms with Crippen LogP contribution in [0.3, 0.4) is 0 Å². The molecule has 0 radical (unpaired) electrons. The van der Waals surface area contributed by atoms with Gasteiger partial charge in [0.25, 0.3) is 5.91 Å². The molecule has 1 rings (SSSR count). The average molecular weight is 342 g/mol. The van der Waals surface area contributed by atoms with Gasteiger partial charge in [0, 0.05) is 12.3 Å². The first kappa shape index (κ1) is 18.6. The molecule has 0 aromatic heterocycles. The van der Waals surface area contributed by atoms with Crippen molar-refractivity contribution in [1.29, 1.82) is 0 Å². The molecule has 3 amide bonds. The third-order valence-corrected chi connectivity index (χ3v) is 3.67. The number of carbonyl (C=O) groups excluding carboxylic acids is 3. The van der Waals surface area contributed by atoms with E-state index in [1.807, 2.05) is 5.32 Å². The average Bonchev–Trinajstić information content (AvgIpc) is 2.42. The molecule has 0 saturated carbocycles. The molecule has 0 saturated heterocycles. The zero-order chi connectivity index (χ0) is 17.6. The van der Waals surface area contributed by atoms with Gasteiger partial charge in [0.2, 0.25) is 0 Å². The Kier molecular flexibility index (Phi) is 6.26. The molecular weight excluding hydrogens is 324 g/mol. The smallest absolute Gasteiger partial charge is 0.339 e. The minimum Gasteiger partial charge on any atom is -0.452 e. The van der Waals surface area contributed by atoms with Crippen molar-refractivity contribution in [3.05, 3.63) is 29.8 Å². The Hall–Kier alpha value is -2.42. The molecule has 0 spiro atoms. The number of esters is 1. The van der Waals surface area contributed by atoms with Gasteiger partial charge < -0.3 is 10.1 Å². The van der Waals surface area contributed by atoms with Crippen LogP contribution >= 0.6 is 0 Å². The fraction of sp³-hybridized carbons (Fsp3) is 0.357. The van der Waals surface area contributed by atoms with Crippen LogP contribution in [0.15, 0.2) is 29.2 Å². The predicted molar refractivity (Wildman–Crippen MR) is 81.6 cm³/mol. The van der Waals surface area contributed by atoms with Crippen LogP contribution in [-0.4, -0.2) is 45.2 Å². The molecule has 0 atom stereocenters. The van der Waals surface area contributed by atoms with E-state index in [0.717, 1.165) is 6.26 Å². The van der Waals surface area contributed by atoms with Crippen LogP contribution in [0.4, 0.5) is 4.79 Å². The van der Waals surface area contributed by atoms with E-state index < -0.39 is 34.4 Å². The highest BCUT2D eigenvalue weighted by molar-refractivity contribution is 7.90. The fourth-order valence-corrected chi connectivity index (χ4v) is 2.51. The first-order chi connectivity index (χ1) is 10.6. The number of rotatable bonds is 5. The van der Waals surface area contributed by atoms with Gasteiger partial charge in [0.15, 0.2) is 16.4 Å². The lowest BCUT2D eigenvalue weighted by atomic mass is 10.2. The number of hydrogen-bond acceptors (Lipinski definition) is 6. The minimum absolute atomic E-state index is 0.160. The van der Waals surface area contributed by atoms with Crippen LogP contribution < -0.4 is 10.6 Å². The van der Waals surface area contributed by atoms with E-state index in [1.165, 1.54) is 24.3 Å². The molecule has 0 aliphatic carbocycles. The highest BCUT2D eigenvalue weighted by Gasteiger charge is 2.20. The molecule has 0 aliphatic rings. The molecule has 0 heterocycles. The number of nitrogens with one attached hydrogen (secondary N) is 2. The second-order valence-corrected chi connectivity index (χ2v) is 7.00. The van der Waals surface area contributed by atoms with Crippen LogP contribution in [0.5, 0.6) is 0 Å². The van der Waals surface area contributed by atoms with Crippen LogP contribution in [0.2, 0.25) is 0 Å². The van der Waals surface area contributed by atoms with Crippen molar-refractivity contribution in [3.8, 4) is 0 Å². The lowest BCUT2D eigenvalue weighted by Crippen LogP contribution is -2.44. The lowest BCUT2D eigenvalue weighted by molar-refractivity contribution is -0.123. The predicted octanol–water partition coefficient (Wildman–Crippen LogP) is 0.481. The highest BCUT2D eigenvalue weighted by atomic mass is 32.2. The maximum atomic E-state index is 11.9. The van der Waals surface area contributed by atoms with Crippen molar-refractivity contribution in [2.75, 3.05) is 12.9 Å². The molecule has 0 bridgehead atoms. The Balaban J connectivity index is 2.68. The number of benzene rings is 1. The zero-order valence-corrected chi connectivity index (χ0v) is 13.8. The second-order valence-electron chi connectivity index (χ2n) is 5.02. The van der Waals surface area contributed by atoms with E-state index in [0.29, 0.717) is 0 Å². The normalized spacial score (nSPS) is 11.0. The number of hydrogen-bond donors (Lipinski definition) is 2. The third-order valence-electron chi connectivity index (χ3n) is 2.51. The largest absolute Gasteiger partial charge is 0.452 e. The van der Waals surface area contributed by atoms with Crippen molar-refractivity contribution >= 4 is 27.7 Å². The van der Waals surface area contributed by atoms with Gasteiger partial charge in [-0.3, -0.25) is 10.1 Å². The highest BCUT2D eigenvalue weighted by Crippen LogP contribution is 2.16. The first-order valence-electron chi connectivity index (χ1n) is 6.68. The van der Waals surface area contributed by atoms with E-state index >= 15 is 0 Å². The summed E-state index contributed by atoms with van der Waals surface area (Å²) in [6.07, 6.45) is 0.960. The molecule has 2 N–H and O–H groups in total. The Morgan fingerprint density at radius 2 is 1.78 bits per heavy atom. The SMILES string of the molecule is CC(C)NC(=O)NC(=O)COC(=O)c1ccccc1S(C)(=O)=O. The number of ether oxygens (including phenoxy) is 1. The van der Waals surface area contributed by atoms with Crippen molar-refractivity contribution in [3.63, 3.8) is 0 Å². The first-order valence-corrected chi connectivity index (χ1v) is 8.57. The number of urea groups is 1. The maximum absolute atomic E-state index is 11.9. The van der Waals surface area contributed by atoms with Crippen LogP contribution in [0.1, 0.15) is 24.2 Å². The molecule has 8 nitrogen and oxygen atoms in total. The molecule has 23 heavy (non-hydrogen) atoms. The van der Waals surface area contributed by atoms with Crippen molar-refractivity contribution in [1.82, 2.24) is 10.6 Å². The standard InChI is InChI=1S/C14H18N2O6S/c1-9(2)15-14(19)16-12(17)8-22-13(18)10-6-4-5-7-11(10)23(3,20)21/h4-7,9H,8H2,1-3H3,(H2,15,16,17,19). The van der Waals surface area contributed by atoms with Gasteiger partial charge in [-0.15, -0.1) is 0 Å². The third kappa shape index (κ3) is 6.07. The monoisotopic (exact) mass is 342 g/mol. The Morgan fingerprint density at radius 1 is 1.17 bits per heavy atom. The summed E-state index contributed by atoms with van der Waals surface area (Å²) in [5.41, 5.74) is -0.172. The van der Waals surface area contributed by atoms with E-state index in [-0.39, 0.29) is 16.5 Å². The quantitative estimate of drug-likeness (QED) is 0.751. The Labute approximate surface area is 134 Å². The van der Waals surface area contributed by atoms with Crippen molar-refractivity contribution in [2.24, 2.45) is 0 Å². The molecule has 126 valence electrons. The van der Waals surface area contributed by atoms with Gasteiger partial charge >= 0.3 is 12.0 Å². The molecule has 0 aliphatic heterocycles. The topological polar surface area (TPSA) is 119 Å². The molecule has 0 fully saturated rings. The summed E-state index contributed by atoms with van der Waals surface area (Å²) < 4.78 is 27.9. The summed E-state index contributed by atoms with van der Waals surface area (Å²) >= 11 is 0. The summed E-state index contributed by atoms with van der Waals surface area (Å²) in [4.78, 5) is 34.5. The van der Waals surface area contributed by atoms with Gasteiger partial charge in [-0.1, -0.05) is 12.1 Å². The van der Waals surface area contributed by atoms with Gasteiger partial charge in [0.05, 0.1) is 10.5 Å². The van der Waals surface area contributed by atoms with E-state index in [4.69, 9.17) is 4.74 Å². The number of sulfone groups is 1. The van der Waals surface area contributed by atoms with Crippen LogP contribution in [0, 0.1) is 0 Å². The number of carbonyl (C=O) groups is 3. The maximum Gasteiger partial charge on any atom is 0.339 e. The van der Waals surface area contributed by atoms with E-state index in [2.05, 4.69) is 5.32 Å². The van der Waals surface area contributed by atoms with E-state index in [1.54, 1.807) is 13.8 Å². The van der Waals surface area contributed by atoms with Crippen LogP contribution in [-0.2, 0) is 19.4 Å². The van der Waals surface area contributed by atoms with E-state index in [9.17, 15) is 22.8 Å².